The molecule has 1 aromatic heterocycles. The van der Waals surface area contributed by atoms with E-state index in [9.17, 15) is 0 Å². The second-order valence-corrected chi connectivity index (χ2v) is 7.67. The van der Waals surface area contributed by atoms with Crippen LogP contribution in [0.1, 0.15) is 24.1 Å². The number of ether oxygens (including phenoxy) is 1. The Morgan fingerprint density at radius 1 is 1.00 bits per heavy atom. The first-order valence-electron chi connectivity index (χ1n) is 10.3. The topological polar surface area (TPSA) is 50.3 Å². The van der Waals surface area contributed by atoms with Gasteiger partial charge in [0.2, 0.25) is 5.95 Å². The molecule has 1 N–H and O–H groups in total. The second kappa shape index (κ2) is 8.95. The molecule has 2 aromatic carbocycles. The smallest absolute Gasteiger partial charge is 0.227 e. The van der Waals surface area contributed by atoms with Gasteiger partial charge in [0.15, 0.2) is 0 Å². The van der Waals surface area contributed by atoms with Crippen molar-refractivity contribution in [3.8, 4) is 5.75 Å². The summed E-state index contributed by atoms with van der Waals surface area (Å²) < 4.78 is 5.22. The Morgan fingerprint density at radius 3 is 2.41 bits per heavy atom. The highest BCUT2D eigenvalue weighted by atomic mass is 16.5. The van der Waals surface area contributed by atoms with E-state index in [-0.39, 0.29) is 0 Å². The molecule has 1 fully saturated rings. The van der Waals surface area contributed by atoms with Crippen molar-refractivity contribution >= 4 is 17.5 Å². The summed E-state index contributed by atoms with van der Waals surface area (Å²) in [5.74, 6) is 3.21. The number of aromatic nitrogens is 2. The lowest BCUT2D eigenvalue weighted by Gasteiger charge is -2.32. The van der Waals surface area contributed by atoms with Gasteiger partial charge in [-0.3, -0.25) is 0 Å². The molecule has 0 amide bonds. The maximum atomic E-state index is 5.22. The van der Waals surface area contributed by atoms with Crippen LogP contribution in [0.3, 0.4) is 0 Å². The molecule has 3 aromatic rings. The zero-order valence-corrected chi connectivity index (χ0v) is 17.1. The standard InChI is InChI=1S/C24H28N4O/c1-18-16-23(26-21-8-10-22(29-2)11-9-21)27-24(25-18)28-14-12-20(13-15-28)17-19-6-4-3-5-7-19/h3-11,16,20H,12-15,17H2,1-2H3,(H,25,26,27). The summed E-state index contributed by atoms with van der Waals surface area (Å²) in [7, 11) is 1.67. The molecule has 0 radical (unpaired) electrons. The maximum Gasteiger partial charge on any atom is 0.227 e. The molecule has 29 heavy (non-hydrogen) atoms. The van der Waals surface area contributed by atoms with Gasteiger partial charge in [-0.25, -0.2) is 4.98 Å². The van der Waals surface area contributed by atoms with Gasteiger partial charge in [-0.1, -0.05) is 30.3 Å². The Balaban J connectivity index is 1.40. The van der Waals surface area contributed by atoms with Crippen molar-refractivity contribution in [2.45, 2.75) is 26.2 Å². The summed E-state index contributed by atoms with van der Waals surface area (Å²) in [5.41, 5.74) is 3.39. The lowest BCUT2D eigenvalue weighted by Crippen LogP contribution is -2.35. The van der Waals surface area contributed by atoms with Crippen LogP contribution in [-0.4, -0.2) is 30.2 Å². The predicted octanol–water partition coefficient (Wildman–Crippen LogP) is 5.00. The molecule has 4 rings (SSSR count). The molecule has 0 unspecified atom stereocenters. The van der Waals surface area contributed by atoms with Crippen LogP contribution in [0.25, 0.3) is 0 Å². The first kappa shape index (κ1) is 19.2. The number of rotatable bonds is 6. The minimum absolute atomic E-state index is 0.732. The highest BCUT2D eigenvalue weighted by molar-refractivity contribution is 5.58. The summed E-state index contributed by atoms with van der Waals surface area (Å²) in [4.78, 5) is 11.8. The van der Waals surface area contributed by atoms with Gasteiger partial charge in [-0.2, -0.15) is 4.98 Å². The Hall–Kier alpha value is -3.08. The number of anilines is 3. The fourth-order valence-electron chi connectivity index (χ4n) is 3.87. The van der Waals surface area contributed by atoms with E-state index in [4.69, 9.17) is 14.7 Å². The molecule has 1 aliphatic heterocycles. The first-order valence-corrected chi connectivity index (χ1v) is 10.3. The molecule has 0 saturated carbocycles. The van der Waals surface area contributed by atoms with Gasteiger partial charge in [0.05, 0.1) is 7.11 Å². The summed E-state index contributed by atoms with van der Waals surface area (Å²) in [6.45, 7) is 4.03. The number of aryl methyl sites for hydroxylation is 1. The largest absolute Gasteiger partial charge is 0.497 e. The molecule has 2 heterocycles. The minimum Gasteiger partial charge on any atom is -0.497 e. The van der Waals surface area contributed by atoms with E-state index >= 15 is 0 Å². The molecular weight excluding hydrogens is 360 g/mol. The number of piperidine rings is 1. The van der Waals surface area contributed by atoms with Crippen LogP contribution in [0.5, 0.6) is 5.75 Å². The van der Waals surface area contributed by atoms with Crippen LogP contribution in [0, 0.1) is 12.8 Å². The van der Waals surface area contributed by atoms with Crippen molar-refractivity contribution in [3.63, 3.8) is 0 Å². The van der Waals surface area contributed by atoms with E-state index < -0.39 is 0 Å². The summed E-state index contributed by atoms with van der Waals surface area (Å²) in [6.07, 6.45) is 3.51. The number of methoxy groups -OCH3 is 1. The van der Waals surface area contributed by atoms with Gasteiger partial charge in [0, 0.05) is 30.5 Å². The van der Waals surface area contributed by atoms with Gasteiger partial charge >= 0.3 is 0 Å². The van der Waals surface area contributed by atoms with Crippen molar-refractivity contribution in [2.24, 2.45) is 5.92 Å². The molecule has 0 aliphatic carbocycles. The van der Waals surface area contributed by atoms with E-state index in [0.717, 1.165) is 54.3 Å². The highest BCUT2D eigenvalue weighted by Gasteiger charge is 2.21. The fourth-order valence-corrected chi connectivity index (χ4v) is 3.87. The quantitative estimate of drug-likeness (QED) is 0.644. The van der Waals surface area contributed by atoms with Crippen LogP contribution < -0.4 is 15.0 Å². The lowest BCUT2D eigenvalue weighted by molar-refractivity contribution is 0.400. The molecule has 5 heteroatoms. The Morgan fingerprint density at radius 2 is 1.72 bits per heavy atom. The number of hydrogen-bond acceptors (Lipinski definition) is 5. The van der Waals surface area contributed by atoms with Crippen LogP contribution in [0.2, 0.25) is 0 Å². The molecule has 0 bridgehead atoms. The Kier molecular flexibility index (Phi) is 5.94. The predicted molar refractivity (Wildman–Crippen MR) is 118 cm³/mol. The highest BCUT2D eigenvalue weighted by Crippen LogP contribution is 2.26. The fraction of sp³-hybridized carbons (Fsp3) is 0.333. The van der Waals surface area contributed by atoms with Crippen molar-refractivity contribution < 1.29 is 4.74 Å². The summed E-state index contributed by atoms with van der Waals surface area (Å²) in [5, 5.41) is 3.38. The Labute approximate surface area is 172 Å². The molecule has 5 nitrogen and oxygen atoms in total. The van der Waals surface area contributed by atoms with Crippen molar-refractivity contribution in [1.82, 2.24) is 9.97 Å². The van der Waals surface area contributed by atoms with Crippen LogP contribution in [-0.2, 0) is 6.42 Å². The van der Waals surface area contributed by atoms with Crippen LogP contribution >= 0.6 is 0 Å². The number of benzene rings is 2. The van der Waals surface area contributed by atoms with E-state index in [0.29, 0.717) is 0 Å². The SMILES string of the molecule is COc1ccc(Nc2cc(C)nc(N3CCC(Cc4ccccc4)CC3)n2)cc1. The third kappa shape index (κ3) is 5.05. The average Bonchev–Trinajstić information content (AvgIpc) is 2.75. The van der Waals surface area contributed by atoms with E-state index in [1.165, 1.54) is 18.4 Å². The van der Waals surface area contributed by atoms with E-state index in [2.05, 4.69) is 40.5 Å². The van der Waals surface area contributed by atoms with Crippen molar-refractivity contribution in [1.29, 1.82) is 0 Å². The van der Waals surface area contributed by atoms with Gasteiger partial charge < -0.3 is 15.0 Å². The third-order valence-corrected chi connectivity index (χ3v) is 5.47. The van der Waals surface area contributed by atoms with Crippen molar-refractivity contribution in [3.05, 3.63) is 71.9 Å². The maximum absolute atomic E-state index is 5.22. The number of nitrogens with one attached hydrogen (secondary N) is 1. The van der Waals surface area contributed by atoms with Gasteiger partial charge in [-0.15, -0.1) is 0 Å². The van der Waals surface area contributed by atoms with E-state index in [1.54, 1.807) is 7.11 Å². The normalized spacial score (nSPS) is 14.6. The Bertz CT molecular complexity index is 919. The second-order valence-electron chi connectivity index (χ2n) is 7.67. The molecule has 0 atom stereocenters. The lowest BCUT2D eigenvalue weighted by atomic mass is 9.90. The number of nitrogens with zero attached hydrogens (tertiary/aromatic N) is 3. The van der Waals surface area contributed by atoms with E-state index in [1.807, 2.05) is 37.3 Å². The zero-order chi connectivity index (χ0) is 20.1. The molecular formula is C24H28N4O. The average molecular weight is 389 g/mol. The first-order chi connectivity index (χ1) is 14.2. The molecule has 150 valence electrons. The molecule has 0 spiro atoms. The minimum atomic E-state index is 0.732. The monoisotopic (exact) mass is 388 g/mol. The number of hydrogen-bond donors (Lipinski definition) is 1. The summed E-state index contributed by atoms with van der Waals surface area (Å²) >= 11 is 0. The summed E-state index contributed by atoms with van der Waals surface area (Å²) in [6, 6.07) is 20.6. The third-order valence-electron chi connectivity index (χ3n) is 5.47. The molecule has 1 aliphatic rings. The van der Waals surface area contributed by atoms with Crippen molar-refractivity contribution in [2.75, 3.05) is 30.4 Å². The van der Waals surface area contributed by atoms with Gasteiger partial charge in [0.25, 0.3) is 0 Å². The van der Waals surface area contributed by atoms with Gasteiger partial charge in [0.1, 0.15) is 11.6 Å². The van der Waals surface area contributed by atoms with Crippen LogP contribution in [0.4, 0.5) is 17.5 Å². The van der Waals surface area contributed by atoms with Crippen LogP contribution in [0.15, 0.2) is 60.7 Å². The van der Waals surface area contributed by atoms with Gasteiger partial charge in [-0.05, 0) is 61.9 Å². The zero-order valence-electron chi connectivity index (χ0n) is 17.1. The molecule has 1 saturated heterocycles.